The van der Waals surface area contributed by atoms with E-state index in [-0.39, 0.29) is 39.3 Å². The van der Waals surface area contributed by atoms with Gasteiger partial charge in [-0.3, -0.25) is 14.4 Å². The van der Waals surface area contributed by atoms with Crippen LogP contribution in [0.3, 0.4) is 0 Å². The molecule has 0 spiro atoms. The van der Waals surface area contributed by atoms with E-state index < -0.39 is 11.5 Å². The normalized spacial score (nSPS) is 16.9. The zero-order valence-corrected chi connectivity index (χ0v) is 11.0. The van der Waals surface area contributed by atoms with Crippen molar-refractivity contribution in [1.29, 1.82) is 0 Å². The first-order valence-corrected chi connectivity index (χ1v) is 6.57. The molecule has 9 heteroatoms. The number of aromatic amines is 1. The molecule has 2 N–H and O–H groups in total. The molecule has 3 rings (SSSR count). The van der Waals surface area contributed by atoms with E-state index in [2.05, 4.69) is 20.3 Å². The van der Waals surface area contributed by atoms with Gasteiger partial charge in [-0.1, -0.05) is 11.8 Å². The molecule has 1 saturated heterocycles. The minimum absolute atomic E-state index is 0.0589. The lowest BCUT2D eigenvalue weighted by molar-refractivity contribution is -0.116. The van der Waals surface area contributed by atoms with Crippen LogP contribution in [-0.4, -0.2) is 32.7 Å². The first-order chi connectivity index (χ1) is 9.56. The predicted molar refractivity (Wildman–Crippen MR) is 71.7 cm³/mol. The molecular formula is C11H8N4O4S. The van der Waals surface area contributed by atoms with Crippen LogP contribution in [-0.2, 0) is 4.79 Å². The molecular weight excluding hydrogens is 284 g/mol. The van der Waals surface area contributed by atoms with Crippen LogP contribution in [0.2, 0.25) is 0 Å². The van der Waals surface area contributed by atoms with E-state index in [1.54, 1.807) is 6.92 Å². The number of carbonyl (C=O) groups excluding carboxylic acids is 2. The van der Waals surface area contributed by atoms with E-state index in [0.29, 0.717) is 0 Å². The maximum atomic E-state index is 12.2. The number of aromatic nitrogens is 2. The summed E-state index contributed by atoms with van der Waals surface area (Å²) in [6.07, 6.45) is 1.20. The maximum absolute atomic E-state index is 12.2. The number of aliphatic imine (C=N–C) groups is 1. The van der Waals surface area contributed by atoms with E-state index >= 15 is 0 Å². The second-order valence-electron chi connectivity index (χ2n) is 4.00. The summed E-state index contributed by atoms with van der Waals surface area (Å²) < 4.78 is 5.27. The van der Waals surface area contributed by atoms with E-state index in [1.165, 1.54) is 6.33 Å². The number of rotatable bonds is 1. The summed E-state index contributed by atoms with van der Waals surface area (Å²) >= 11 is 1.13. The Labute approximate surface area is 115 Å². The molecule has 0 atom stereocenters. The molecule has 0 unspecified atom stereocenters. The Morgan fingerprint density at radius 1 is 1.50 bits per heavy atom. The Bertz CT molecular complexity index is 819. The third-order valence-corrected chi connectivity index (χ3v) is 3.55. The highest BCUT2D eigenvalue weighted by molar-refractivity contribution is 8.15. The van der Waals surface area contributed by atoms with E-state index in [1.807, 2.05) is 0 Å². The van der Waals surface area contributed by atoms with Crippen LogP contribution >= 0.6 is 11.8 Å². The van der Waals surface area contributed by atoms with Crippen LogP contribution in [0.4, 0.5) is 0 Å². The molecule has 20 heavy (non-hydrogen) atoms. The largest absolute Gasteiger partial charge is 0.442 e. The second-order valence-corrected chi connectivity index (χ2v) is 4.97. The number of carbonyl (C=O) groups is 2. The van der Waals surface area contributed by atoms with Crippen LogP contribution in [0.15, 0.2) is 20.5 Å². The van der Waals surface area contributed by atoms with Crippen LogP contribution in [0.25, 0.3) is 11.1 Å². The number of fused-ring (bicyclic) bond motifs is 1. The van der Waals surface area contributed by atoms with Gasteiger partial charge in [0, 0.05) is 0 Å². The van der Waals surface area contributed by atoms with Crippen molar-refractivity contribution < 1.29 is 14.0 Å². The van der Waals surface area contributed by atoms with Gasteiger partial charge in [-0.25, -0.2) is 4.98 Å². The van der Waals surface area contributed by atoms with Gasteiger partial charge in [0.15, 0.2) is 5.17 Å². The lowest BCUT2D eigenvalue weighted by atomic mass is 10.2. The zero-order valence-electron chi connectivity index (χ0n) is 10.2. The molecule has 2 amide bonds. The van der Waals surface area contributed by atoms with E-state index in [0.717, 1.165) is 11.8 Å². The number of nitrogens with zero attached hydrogens (tertiary/aromatic N) is 2. The molecule has 0 radical (unpaired) electrons. The van der Waals surface area contributed by atoms with Crippen LogP contribution in [0.5, 0.6) is 0 Å². The molecule has 0 saturated carbocycles. The quantitative estimate of drug-likeness (QED) is 0.774. The fourth-order valence-electron chi connectivity index (χ4n) is 1.84. The van der Waals surface area contributed by atoms with Crippen molar-refractivity contribution in [3.05, 3.63) is 28.0 Å². The van der Waals surface area contributed by atoms with Crippen molar-refractivity contribution in [3.63, 3.8) is 0 Å². The Kier molecular flexibility index (Phi) is 2.90. The first-order valence-electron chi connectivity index (χ1n) is 5.58. The molecule has 1 fully saturated rings. The highest BCUT2D eigenvalue weighted by Crippen LogP contribution is 2.22. The summed E-state index contributed by atoms with van der Waals surface area (Å²) in [6.45, 7) is 1.55. The maximum Gasteiger partial charge on any atom is 0.283 e. The van der Waals surface area contributed by atoms with Gasteiger partial charge in [0.2, 0.25) is 11.6 Å². The number of aryl methyl sites for hydroxylation is 1. The van der Waals surface area contributed by atoms with Crippen LogP contribution in [0, 0.1) is 6.92 Å². The van der Waals surface area contributed by atoms with Crippen molar-refractivity contribution in [1.82, 2.24) is 15.3 Å². The average Bonchev–Trinajstić information content (AvgIpc) is 2.93. The minimum atomic E-state index is -0.649. The topological polar surface area (TPSA) is 117 Å². The third kappa shape index (κ3) is 2.01. The van der Waals surface area contributed by atoms with Gasteiger partial charge in [-0.2, -0.15) is 4.99 Å². The van der Waals surface area contributed by atoms with Gasteiger partial charge >= 0.3 is 0 Å². The van der Waals surface area contributed by atoms with Crippen molar-refractivity contribution in [2.24, 2.45) is 4.99 Å². The fourth-order valence-corrected chi connectivity index (χ4v) is 2.52. The summed E-state index contributed by atoms with van der Waals surface area (Å²) in [5.41, 5.74) is -0.333. The number of hydrogen-bond acceptors (Lipinski definition) is 6. The monoisotopic (exact) mass is 292 g/mol. The van der Waals surface area contributed by atoms with Gasteiger partial charge in [0.05, 0.1) is 17.6 Å². The molecule has 2 aromatic rings. The molecule has 3 heterocycles. The number of H-pyrrole nitrogens is 1. The Morgan fingerprint density at radius 3 is 3.00 bits per heavy atom. The summed E-state index contributed by atoms with van der Waals surface area (Å²) in [5, 5.41) is 2.73. The average molecular weight is 292 g/mol. The fraction of sp³-hybridized carbons (Fsp3) is 0.182. The second kappa shape index (κ2) is 4.60. The molecule has 0 aromatic carbocycles. The standard InChI is InChI=1S/C11H8N4O4S/c1-4-6(7-8(17)12-3-13-10(7)19-4)9(18)15-11-14-5(16)2-20-11/h3H,2H2,1H3,(H,12,13,17)(H,14,15,16,18). The van der Waals surface area contributed by atoms with E-state index in [9.17, 15) is 14.4 Å². The number of hydrogen-bond donors (Lipinski definition) is 2. The number of furan rings is 1. The summed E-state index contributed by atoms with van der Waals surface area (Å²) in [5.74, 6) is -0.383. The molecule has 0 aliphatic carbocycles. The molecule has 1 aliphatic heterocycles. The van der Waals surface area contributed by atoms with Crippen molar-refractivity contribution >= 4 is 39.8 Å². The SMILES string of the molecule is Cc1oc2nc[nH]c(=O)c2c1C(=O)N=C1NC(=O)CS1. The van der Waals surface area contributed by atoms with Crippen LogP contribution in [0.1, 0.15) is 16.1 Å². The van der Waals surface area contributed by atoms with Gasteiger partial charge in [0.1, 0.15) is 11.1 Å². The summed E-state index contributed by atoms with van der Waals surface area (Å²) in [6, 6.07) is 0. The molecule has 0 bridgehead atoms. The summed E-state index contributed by atoms with van der Waals surface area (Å²) in [7, 11) is 0. The van der Waals surface area contributed by atoms with Gasteiger partial charge in [0.25, 0.3) is 11.5 Å². The van der Waals surface area contributed by atoms with Crippen molar-refractivity contribution in [2.45, 2.75) is 6.92 Å². The number of thioether (sulfide) groups is 1. The lowest BCUT2D eigenvalue weighted by Gasteiger charge is -1.95. The van der Waals surface area contributed by atoms with Crippen molar-refractivity contribution in [2.75, 3.05) is 5.75 Å². The van der Waals surface area contributed by atoms with E-state index in [4.69, 9.17) is 4.42 Å². The van der Waals surface area contributed by atoms with Gasteiger partial charge < -0.3 is 14.7 Å². The number of nitrogens with one attached hydrogen (secondary N) is 2. The highest BCUT2D eigenvalue weighted by Gasteiger charge is 2.24. The van der Waals surface area contributed by atoms with Gasteiger partial charge in [-0.05, 0) is 6.92 Å². The molecule has 1 aliphatic rings. The third-order valence-electron chi connectivity index (χ3n) is 2.67. The Balaban J connectivity index is 2.10. The molecule has 8 nitrogen and oxygen atoms in total. The summed E-state index contributed by atoms with van der Waals surface area (Å²) in [4.78, 5) is 45.0. The zero-order chi connectivity index (χ0) is 14.3. The molecule has 2 aromatic heterocycles. The lowest BCUT2D eigenvalue weighted by Crippen LogP contribution is -2.21. The van der Waals surface area contributed by atoms with Crippen molar-refractivity contribution in [3.8, 4) is 0 Å². The Hall–Kier alpha value is -2.42. The number of amidine groups is 1. The first kappa shape index (κ1) is 12.6. The predicted octanol–water partition coefficient (Wildman–Crippen LogP) is 0.184. The minimum Gasteiger partial charge on any atom is -0.442 e. The highest BCUT2D eigenvalue weighted by atomic mass is 32.2. The van der Waals surface area contributed by atoms with Gasteiger partial charge in [-0.15, -0.1) is 0 Å². The smallest absolute Gasteiger partial charge is 0.283 e. The molecule has 102 valence electrons. The number of amides is 2. The Morgan fingerprint density at radius 2 is 2.30 bits per heavy atom. The van der Waals surface area contributed by atoms with Crippen LogP contribution < -0.4 is 10.9 Å².